The fourth-order valence-electron chi connectivity index (χ4n) is 2.14. The van der Waals surface area contributed by atoms with Gasteiger partial charge >= 0.3 is 0 Å². The third-order valence-corrected chi connectivity index (χ3v) is 3.42. The summed E-state index contributed by atoms with van der Waals surface area (Å²) in [6.45, 7) is 1.06. The highest BCUT2D eigenvalue weighted by atomic mass is 16.1. The molecule has 3 aromatic rings. The first kappa shape index (κ1) is 15.6. The molecule has 0 spiro atoms. The van der Waals surface area contributed by atoms with E-state index < -0.39 is 0 Å². The SMILES string of the molecule is O=C(NCc1ccccc1)c1cc(NCc2ccncc2)ncn1. The van der Waals surface area contributed by atoms with Crippen molar-refractivity contribution in [3.63, 3.8) is 0 Å². The van der Waals surface area contributed by atoms with Crippen molar-refractivity contribution in [2.75, 3.05) is 5.32 Å². The molecule has 0 aliphatic rings. The van der Waals surface area contributed by atoms with Gasteiger partial charge in [-0.1, -0.05) is 30.3 Å². The first-order valence-electron chi connectivity index (χ1n) is 7.58. The van der Waals surface area contributed by atoms with Gasteiger partial charge in [-0.25, -0.2) is 9.97 Å². The van der Waals surface area contributed by atoms with Gasteiger partial charge < -0.3 is 10.6 Å². The molecule has 1 amide bonds. The molecule has 0 atom stereocenters. The molecule has 0 saturated carbocycles. The van der Waals surface area contributed by atoms with E-state index in [1.54, 1.807) is 18.5 Å². The predicted octanol–water partition coefficient (Wildman–Crippen LogP) is 2.41. The summed E-state index contributed by atoms with van der Waals surface area (Å²) in [6, 6.07) is 15.2. The van der Waals surface area contributed by atoms with Crippen LogP contribution in [-0.4, -0.2) is 20.9 Å². The van der Waals surface area contributed by atoms with E-state index in [1.807, 2.05) is 42.5 Å². The number of nitrogens with one attached hydrogen (secondary N) is 2. The molecule has 2 N–H and O–H groups in total. The second-order valence-corrected chi connectivity index (χ2v) is 5.17. The van der Waals surface area contributed by atoms with E-state index >= 15 is 0 Å². The van der Waals surface area contributed by atoms with Crippen molar-refractivity contribution in [2.24, 2.45) is 0 Å². The van der Waals surface area contributed by atoms with E-state index in [9.17, 15) is 4.79 Å². The molecule has 2 heterocycles. The minimum absolute atomic E-state index is 0.229. The highest BCUT2D eigenvalue weighted by Gasteiger charge is 2.08. The molecule has 120 valence electrons. The number of hydrogen-bond acceptors (Lipinski definition) is 5. The molecule has 6 nitrogen and oxygen atoms in total. The molecule has 0 bridgehead atoms. The van der Waals surface area contributed by atoms with E-state index in [4.69, 9.17) is 0 Å². The average Bonchev–Trinajstić information content (AvgIpc) is 2.66. The fourth-order valence-corrected chi connectivity index (χ4v) is 2.14. The number of aromatic nitrogens is 3. The van der Waals surface area contributed by atoms with Crippen LogP contribution in [0, 0.1) is 0 Å². The summed E-state index contributed by atoms with van der Waals surface area (Å²) in [5.74, 6) is 0.375. The lowest BCUT2D eigenvalue weighted by Crippen LogP contribution is -2.24. The molecule has 24 heavy (non-hydrogen) atoms. The van der Waals surface area contributed by atoms with Gasteiger partial charge in [0.25, 0.3) is 5.91 Å². The maximum Gasteiger partial charge on any atom is 0.270 e. The lowest BCUT2D eigenvalue weighted by molar-refractivity contribution is 0.0946. The molecule has 3 rings (SSSR count). The standard InChI is InChI=1S/C18H17N5O/c24-18(21-12-14-4-2-1-3-5-14)16-10-17(23-13-22-16)20-11-15-6-8-19-9-7-15/h1-10,13H,11-12H2,(H,21,24)(H,20,22,23). The minimum Gasteiger partial charge on any atom is -0.366 e. The predicted molar refractivity (Wildman–Crippen MR) is 91.2 cm³/mol. The van der Waals surface area contributed by atoms with Crippen LogP contribution in [-0.2, 0) is 13.1 Å². The lowest BCUT2D eigenvalue weighted by Gasteiger charge is -2.08. The van der Waals surface area contributed by atoms with Crippen molar-refractivity contribution in [1.82, 2.24) is 20.3 Å². The zero-order valence-electron chi connectivity index (χ0n) is 13.0. The van der Waals surface area contributed by atoms with Gasteiger partial charge in [-0.2, -0.15) is 0 Å². The highest BCUT2D eigenvalue weighted by molar-refractivity contribution is 5.92. The van der Waals surface area contributed by atoms with Crippen molar-refractivity contribution in [3.8, 4) is 0 Å². The molecular formula is C18H17N5O. The molecule has 0 aliphatic carbocycles. The van der Waals surface area contributed by atoms with Gasteiger partial charge in [-0.3, -0.25) is 9.78 Å². The van der Waals surface area contributed by atoms with Crippen molar-refractivity contribution >= 4 is 11.7 Å². The number of benzene rings is 1. The summed E-state index contributed by atoms with van der Waals surface area (Å²) in [6.07, 6.45) is 4.85. The number of pyridine rings is 1. The Hall–Kier alpha value is -3.28. The van der Waals surface area contributed by atoms with E-state index in [0.717, 1.165) is 11.1 Å². The van der Waals surface area contributed by atoms with Gasteiger partial charge in [-0.15, -0.1) is 0 Å². The summed E-state index contributed by atoms with van der Waals surface area (Å²) >= 11 is 0. The third kappa shape index (κ3) is 4.36. The highest BCUT2D eigenvalue weighted by Crippen LogP contribution is 2.07. The molecule has 0 unspecified atom stereocenters. The number of carbonyl (C=O) groups excluding carboxylic acids is 1. The topological polar surface area (TPSA) is 79.8 Å². The fraction of sp³-hybridized carbons (Fsp3) is 0.111. The smallest absolute Gasteiger partial charge is 0.270 e. The summed E-state index contributed by atoms with van der Waals surface area (Å²) < 4.78 is 0. The zero-order valence-corrected chi connectivity index (χ0v) is 13.0. The van der Waals surface area contributed by atoms with Gasteiger partial charge in [0, 0.05) is 31.5 Å². The number of amides is 1. The van der Waals surface area contributed by atoms with Gasteiger partial charge in [0.2, 0.25) is 0 Å². The van der Waals surface area contributed by atoms with E-state index in [-0.39, 0.29) is 5.91 Å². The Labute approximate surface area is 140 Å². The first-order valence-corrected chi connectivity index (χ1v) is 7.58. The lowest BCUT2D eigenvalue weighted by atomic mass is 10.2. The maximum absolute atomic E-state index is 12.2. The van der Waals surface area contributed by atoms with Crippen LogP contribution in [0.3, 0.4) is 0 Å². The van der Waals surface area contributed by atoms with E-state index in [1.165, 1.54) is 6.33 Å². The van der Waals surface area contributed by atoms with Crippen LogP contribution in [0.4, 0.5) is 5.82 Å². The Balaban J connectivity index is 1.59. The molecule has 0 radical (unpaired) electrons. The van der Waals surface area contributed by atoms with Crippen LogP contribution >= 0.6 is 0 Å². The van der Waals surface area contributed by atoms with Gasteiger partial charge in [0.15, 0.2) is 0 Å². The molecule has 1 aromatic carbocycles. The Kier molecular flexibility index (Phi) is 5.09. The van der Waals surface area contributed by atoms with Gasteiger partial charge in [-0.05, 0) is 23.3 Å². The maximum atomic E-state index is 12.2. The molecule has 0 saturated heterocycles. The third-order valence-electron chi connectivity index (χ3n) is 3.42. The van der Waals surface area contributed by atoms with Crippen molar-refractivity contribution in [3.05, 3.63) is 84.1 Å². The number of rotatable bonds is 6. The summed E-state index contributed by atoms with van der Waals surface area (Å²) in [5, 5.41) is 6.02. The van der Waals surface area contributed by atoms with E-state index in [0.29, 0.717) is 24.6 Å². The molecule has 6 heteroatoms. The van der Waals surface area contributed by atoms with Crippen LogP contribution in [0.2, 0.25) is 0 Å². The number of hydrogen-bond donors (Lipinski definition) is 2. The monoisotopic (exact) mass is 319 g/mol. The number of carbonyl (C=O) groups is 1. The summed E-state index contributed by atoms with van der Waals surface area (Å²) in [7, 11) is 0. The van der Waals surface area contributed by atoms with Crippen LogP contribution in [0.15, 0.2) is 67.3 Å². The van der Waals surface area contributed by atoms with Crippen molar-refractivity contribution < 1.29 is 4.79 Å². The zero-order chi connectivity index (χ0) is 16.6. The summed E-state index contributed by atoms with van der Waals surface area (Å²) in [4.78, 5) is 24.4. The van der Waals surface area contributed by atoms with Crippen LogP contribution in [0.25, 0.3) is 0 Å². The molecule has 0 fully saturated rings. The number of anilines is 1. The van der Waals surface area contributed by atoms with Crippen LogP contribution in [0.1, 0.15) is 21.6 Å². The Bertz CT molecular complexity index is 793. The Morgan fingerprint density at radius 1 is 0.917 bits per heavy atom. The molecule has 0 aliphatic heterocycles. The van der Waals surface area contributed by atoms with E-state index in [2.05, 4.69) is 25.6 Å². The second kappa shape index (κ2) is 7.82. The first-order chi connectivity index (χ1) is 11.8. The largest absolute Gasteiger partial charge is 0.366 e. The second-order valence-electron chi connectivity index (χ2n) is 5.17. The summed E-state index contributed by atoms with van der Waals surface area (Å²) in [5.41, 5.74) is 2.45. The van der Waals surface area contributed by atoms with Crippen molar-refractivity contribution in [2.45, 2.75) is 13.1 Å². The van der Waals surface area contributed by atoms with Crippen LogP contribution in [0.5, 0.6) is 0 Å². The average molecular weight is 319 g/mol. The molecule has 2 aromatic heterocycles. The van der Waals surface area contributed by atoms with Gasteiger partial charge in [0.05, 0.1) is 0 Å². The van der Waals surface area contributed by atoms with Gasteiger partial charge in [0.1, 0.15) is 17.8 Å². The Morgan fingerprint density at radius 2 is 1.67 bits per heavy atom. The Morgan fingerprint density at radius 3 is 2.46 bits per heavy atom. The van der Waals surface area contributed by atoms with Crippen molar-refractivity contribution in [1.29, 1.82) is 0 Å². The minimum atomic E-state index is -0.229. The normalized spacial score (nSPS) is 10.2. The molecular weight excluding hydrogens is 302 g/mol. The number of nitrogens with zero attached hydrogens (tertiary/aromatic N) is 3. The quantitative estimate of drug-likeness (QED) is 0.729. The van der Waals surface area contributed by atoms with Crippen LogP contribution < -0.4 is 10.6 Å².